The minimum Gasteiger partial charge on any atom is -0.480 e. The van der Waals surface area contributed by atoms with Crippen molar-refractivity contribution < 1.29 is 32.7 Å². The van der Waals surface area contributed by atoms with Crippen LogP contribution < -0.4 is 16.0 Å². The number of nitrogens with zero attached hydrogens (tertiary/aromatic N) is 3. The summed E-state index contributed by atoms with van der Waals surface area (Å²) in [5.74, 6) is -1.41. The molecule has 0 bridgehead atoms. The van der Waals surface area contributed by atoms with Gasteiger partial charge >= 0.3 is 5.97 Å². The molecule has 3 aliphatic heterocycles. The fourth-order valence-corrected chi connectivity index (χ4v) is 7.99. The number of hydrogen-bond acceptors (Lipinski definition) is 8. The summed E-state index contributed by atoms with van der Waals surface area (Å²) in [5.41, 5.74) is 2.19. The van der Waals surface area contributed by atoms with Crippen molar-refractivity contribution in [1.29, 1.82) is 0 Å². The van der Waals surface area contributed by atoms with Gasteiger partial charge in [0, 0.05) is 50.8 Å². The molecule has 0 unspecified atom stereocenters. The van der Waals surface area contributed by atoms with Crippen LogP contribution in [-0.2, 0) is 42.0 Å². The summed E-state index contributed by atoms with van der Waals surface area (Å²) in [6.45, 7) is 1.99. The molecule has 5 rings (SSSR count). The van der Waals surface area contributed by atoms with Crippen molar-refractivity contribution in [1.82, 2.24) is 24.8 Å². The molecule has 0 aliphatic carbocycles. The van der Waals surface area contributed by atoms with Crippen LogP contribution in [0.25, 0.3) is 0 Å². The van der Waals surface area contributed by atoms with E-state index in [-0.39, 0.29) is 48.6 Å². The van der Waals surface area contributed by atoms with E-state index in [0.29, 0.717) is 45.2 Å². The minimum absolute atomic E-state index is 0.0247. The van der Waals surface area contributed by atoms with Crippen LogP contribution in [0.2, 0.25) is 0 Å². The van der Waals surface area contributed by atoms with E-state index in [1.165, 1.54) is 17.7 Å². The van der Waals surface area contributed by atoms with Gasteiger partial charge in [-0.3, -0.25) is 14.4 Å². The summed E-state index contributed by atoms with van der Waals surface area (Å²) in [4.78, 5) is 57.0. The number of hydrogen-bond donors (Lipinski definition) is 4. The van der Waals surface area contributed by atoms with Crippen molar-refractivity contribution in [2.24, 2.45) is 0 Å². The number of carbonyl (C=O) groups excluding carboxylic acids is 3. The topological polar surface area (TPSA) is 178 Å². The van der Waals surface area contributed by atoms with Gasteiger partial charge in [0.25, 0.3) is 0 Å². The molecular formula is C32H42N6O7S. The number of rotatable bonds is 13. The van der Waals surface area contributed by atoms with Gasteiger partial charge in [0.05, 0.1) is 4.90 Å². The predicted molar refractivity (Wildman–Crippen MR) is 169 cm³/mol. The average Bonchev–Trinajstić information content (AvgIpc) is 3.74. The van der Waals surface area contributed by atoms with E-state index in [2.05, 4.69) is 27.0 Å². The first-order valence-electron chi connectivity index (χ1n) is 16.0. The van der Waals surface area contributed by atoms with Crippen molar-refractivity contribution in [2.45, 2.75) is 87.2 Å². The van der Waals surface area contributed by atoms with Crippen LogP contribution in [0.5, 0.6) is 0 Å². The zero-order chi connectivity index (χ0) is 32.7. The van der Waals surface area contributed by atoms with E-state index in [9.17, 15) is 32.7 Å². The highest BCUT2D eigenvalue weighted by Crippen LogP contribution is 2.26. The normalized spacial score (nSPS) is 20.4. The van der Waals surface area contributed by atoms with Crippen molar-refractivity contribution in [2.75, 3.05) is 31.5 Å². The Kier molecular flexibility index (Phi) is 10.9. The Hall–Kier alpha value is -4.04. The lowest BCUT2D eigenvalue weighted by atomic mass is 10.1. The molecule has 3 atom stereocenters. The molecule has 0 radical (unpaired) electrons. The molecule has 1 aromatic heterocycles. The number of anilines is 1. The number of fused-ring (bicyclic) bond motifs is 1. The Bertz CT molecular complexity index is 1540. The monoisotopic (exact) mass is 654 g/mol. The molecule has 1 aromatic carbocycles. The number of benzene rings is 1. The van der Waals surface area contributed by atoms with E-state index in [4.69, 9.17) is 0 Å². The number of carboxylic acid groups (broad SMARTS) is 1. The Labute approximate surface area is 269 Å². The number of carbonyl (C=O) groups is 4. The maximum atomic E-state index is 13.1. The summed E-state index contributed by atoms with van der Waals surface area (Å²) in [5, 5.41) is 18.4. The molecule has 2 fully saturated rings. The van der Waals surface area contributed by atoms with Gasteiger partial charge in [-0.1, -0.05) is 24.3 Å². The number of aryl methyl sites for hydroxylation is 2. The summed E-state index contributed by atoms with van der Waals surface area (Å²) in [6.07, 6.45) is 4.92. The molecule has 46 heavy (non-hydrogen) atoms. The molecule has 14 heteroatoms. The fourth-order valence-electron chi connectivity index (χ4n) is 6.31. The zero-order valence-corrected chi connectivity index (χ0v) is 26.6. The molecule has 0 saturated carbocycles. The number of aromatic nitrogens is 1. The summed E-state index contributed by atoms with van der Waals surface area (Å²) in [7, 11) is -3.93. The lowest BCUT2D eigenvalue weighted by molar-refractivity contribution is -0.142. The van der Waals surface area contributed by atoms with E-state index < -0.39 is 34.0 Å². The molecule has 4 heterocycles. The second kappa shape index (κ2) is 15.0. The van der Waals surface area contributed by atoms with Crippen LogP contribution >= 0.6 is 0 Å². The van der Waals surface area contributed by atoms with Crippen molar-refractivity contribution in [3.63, 3.8) is 0 Å². The van der Waals surface area contributed by atoms with Crippen molar-refractivity contribution in [3.05, 3.63) is 53.7 Å². The molecule has 248 valence electrons. The number of nitrogens with one attached hydrogen (secondary N) is 3. The Balaban J connectivity index is 1.04. The number of carboxylic acids is 1. The first kappa shape index (κ1) is 33.3. The van der Waals surface area contributed by atoms with Gasteiger partial charge in [0.2, 0.25) is 27.7 Å². The molecule has 13 nitrogen and oxygen atoms in total. The Morgan fingerprint density at radius 2 is 1.83 bits per heavy atom. The number of amides is 3. The van der Waals surface area contributed by atoms with Gasteiger partial charge in [-0.05, 0) is 75.1 Å². The Morgan fingerprint density at radius 1 is 1.02 bits per heavy atom. The molecule has 3 amide bonds. The van der Waals surface area contributed by atoms with E-state index in [0.717, 1.165) is 35.2 Å². The molecule has 2 aromatic rings. The second-order valence-electron chi connectivity index (χ2n) is 12.1. The van der Waals surface area contributed by atoms with Gasteiger partial charge < -0.3 is 26.0 Å². The molecular weight excluding hydrogens is 612 g/mol. The van der Waals surface area contributed by atoms with E-state index >= 15 is 0 Å². The third kappa shape index (κ3) is 8.21. The standard InChI is InChI=1S/C32H42N6O7S/c39-28(34-24-17-20-37(21-24)29(40)12-4-8-23-14-13-22-7-5-18-33-30(22)35-23)16-15-26(32(42)43)36-31(41)27-11-6-19-38(27)46(44,45)25-9-2-1-3-10-25/h1-3,9-10,13-14,24,26-27H,4-8,11-12,15-21H2,(H,33,35)(H,34,39)(H,36,41)(H,42,43)/t24-,26-,27+/m0/s1. The van der Waals surface area contributed by atoms with Crippen LogP contribution in [0.3, 0.4) is 0 Å². The first-order valence-corrected chi connectivity index (χ1v) is 17.5. The van der Waals surface area contributed by atoms with Crippen LogP contribution in [0.1, 0.15) is 62.6 Å². The van der Waals surface area contributed by atoms with E-state index in [1.807, 2.05) is 6.07 Å². The van der Waals surface area contributed by atoms with Gasteiger partial charge in [0.1, 0.15) is 17.9 Å². The van der Waals surface area contributed by atoms with Gasteiger partial charge in [-0.25, -0.2) is 18.2 Å². The van der Waals surface area contributed by atoms with Crippen LogP contribution in [0.4, 0.5) is 5.82 Å². The lowest BCUT2D eigenvalue weighted by Crippen LogP contribution is -2.51. The smallest absolute Gasteiger partial charge is 0.326 e. The Morgan fingerprint density at radius 3 is 2.61 bits per heavy atom. The molecule has 4 N–H and O–H groups in total. The fraction of sp³-hybridized carbons (Fsp3) is 0.531. The quantitative estimate of drug-likeness (QED) is 0.250. The van der Waals surface area contributed by atoms with Crippen LogP contribution in [0, 0.1) is 0 Å². The van der Waals surface area contributed by atoms with Gasteiger partial charge in [0.15, 0.2) is 0 Å². The average molecular weight is 655 g/mol. The van der Waals surface area contributed by atoms with Crippen molar-refractivity contribution >= 4 is 39.5 Å². The maximum Gasteiger partial charge on any atom is 0.326 e. The van der Waals surface area contributed by atoms with E-state index in [1.54, 1.807) is 23.1 Å². The number of aliphatic carboxylic acids is 1. The first-order chi connectivity index (χ1) is 22.1. The third-order valence-corrected chi connectivity index (χ3v) is 10.7. The van der Waals surface area contributed by atoms with Crippen LogP contribution in [-0.4, -0.2) is 95.7 Å². The molecule has 2 saturated heterocycles. The predicted octanol–water partition coefficient (Wildman–Crippen LogP) is 1.68. The third-order valence-electron chi connectivity index (χ3n) is 8.81. The molecule has 0 spiro atoms. The minimum atomic E-state index is -3.93. The lowest BCUT2D eigenvalue weighted by Gasteiger charge is -2.25. The summed E-state index contributed by atoms with van der Waals surface area (Å²) in [6, 6.07) is 9.29. The zero-order valence-electron chi connectivity index (χ0n) is 25.8. The highest BCUT2D eigenvalue weighted by atomic mass is 32.2. The summed E-state index contributed by atoms with van der Waals surface area (Å²) < 4.78 is 27.3. The van der Waals surface area contributed by atoms with Crippen molar-refractivity contribution in [3.8, 4) is 0 Å². The maximum absolute atomic E-state index is 13.1. The number of pyridine rings is 1. The van der Waals surface area contributed by atoms with Crippen LogP contribution in [0.15, 0.2) is 47.4 Å². The highest BCUT2D eigenvalue weighted by molar-refractivity contribution is 7.89. The number of sulfonamides is 1. The largest absolute Gasteiger partial charge is 0.480 e. The SMILES string of the molecule is O=C(CC[C@H](NC(=O)[C@H]1CCCN1S(=O)(=O)c1ccccc1)C(=O)O)N[C@H]1CCN(C(=O)CCCc2ccc3c(n2)NCCC3)C1. The van der Waals surface area contributed by atoms with Gasteiger partial charge in [-0.15, -0.1) is 0 Å². The second-order valence-corrected chi connectivity index (χ2v) is 14.0. The van der Waals surface area contributed by atoms with Gasteiger partial charge in [-0.2, -0.15) is 4.31 Å². The number of likely N-dealkylation sites (tertiary alicyclic amines) is 1. The summed E-state index contributed by atoms with van der Waals surface area (Å²) >= 11 is 0. The molecule has 3 aliphatic rings. The highest BCUT2D eigenvalue weighted by Gasteiger charge is 2.40.